The highest BCUT2D eigenvalue weighted by Gasteiger charge is 2.21. The quantitative estimate of drug-likeness (QED) is 0.170. The Morgan fingerprint density at radius 3 is 1.46 bits per heavy atom. The van der Waals surface area contributed by atoms with Crippen molar-refractivity contribution in [3.8, 4) is 62.7 Å². The van der Waals surface area contributed by atoms with Crippen LogP contribution in [-0.4, -0.2) is 29.9 Å². The SMILES string of the molecule is N#Cc1cccc(-c2ccc(-c3nc(C4=CCCC=C4)nc(-c4ccccc4)n3)c(-c3nc(C4=CCCC=C4)nc(-c4ccccc4)n3)c2)c1. The molecule has 0 fully saturated rings. The van der Waals surface area contributed by atoms with Gasteiger partial charge in [0, 0.05) is 33.4 Å². The Morgan fingerprint density at radius 2 is 0.920 bits per heavy atom. The average Bonchev–Trinajstić information content (AvgIpc) is 3.21. The third-order valence-corrected chi connectivity index (χ3v) is 8.67. The first kappa shape index (κ1) is 30.7. The first-order chi connectivity index (χ1) is 24.7. The second kappa shape index (κ2) is 13.8. The molecule has 0 atom stereocenters. The van der Waals surface area contributed by atoms with E-state index in [2.05, 4.69) is 48.6 Å². The molecule has 0 radical (unpaired) electrons. The van der Waals surface area contributed by atoms with Crippen molar-refractivity contribution in [3.05, 3.63) is 157 Å². The summed E-state index contributed by atoms with van der Waals surface area (Å²) in [6, 6.07) is 35.9. The van der Waals surface area contributed by atoms with E-state index in [0.29, 0.717) is 40.5 Å². The van der Waals surface area contributed by atoms with E-state index >= 15 is 0 Å². The molecule has 0 saturated carbocycles. The number of benzene rings is 4. The van der Waals surface area contributed by atoms with Gasteiger partial charge in [0.05, 0.1) is 11.6 Å². The molecule has 7 heteroatoms. The minimum Gasteiger partial charge on any atom is -0.208 e. The molecule has 0 bridgehead atoms. The number of allylic oxidation sites excluding steroid dienone is 8. The van der Waals surface area contributed by atoms with E-state index in [4.69, 9.17) is 29.9 Å². The summed E-state index contributed by atoms with van der Waals surface area (Å²) in [5, 5.41) is 9.66. The van der Waals surface area contributed by atoms with E-state index in [1.807, 2.05) is 91.0 Å². The van der Waals surface area contributed by atoms with Crippen molar-refractivity contribution in [3.63, 3.8) is 0 Å². The third-order valence-electron chi connectivity index (χ3n) is 8.67. The lowest BCUT2D eigenvalue weighted by atomic mass is 9.96. The molecular weight excluding hydrogens is 615 g/mol. The second-order valence-corrected chi connectivity index (χ2v) is 12.1. The monoisotopic (exact) mass is 645 g/mol. The molecule has 0 spiro atoms. The summed E-state index contributed by atoms with van der Waals surface area (Å²) >= 11 is 0. The fraction of sp³-hybridized carbons (Fsp3) is 0.0930. The Balaban J connectivity index is 1.39. The molecular formula is C43H31N7. The molecule has 0 amide bonds. The summed E-state index contributed by atoms with van der Waals surface area (Å²) in [6.45, 7) is 0. The zero-order valence-corrected chi connectivity index (χ0v) is 27.2. The van der Waals surface area contributed by atoms with Gasteiger partial charge in [-0.25, -0.2) is 29.9 Å². The zero-order valence-electron chi connectivity index (χ0n) is 27.2. The summed E-state index contributed by atoms with van der Waals surface area (Å²) in [4.78, 5) is 30.3. The van der Waals surface area contributed by atoms with Gasteiger partial charge < -0.3 is 0 Å². The molecule has 4 aromatic carbocycles. The number of rotatable bonds is 7. The van der Waals surface area contributed by atoms with E-state index in [-0.39, 0.29) is 0 Å². The second-order valence-electron chi connectivity index (χ2n) is 12.1. The van der Waals surface area contributed by atoms with Crippen molar-refractivity contribution in [2.24, 2.45) is 0 Å². The van der Waals surface area contributed by atoms with E-state index in [1.165, 1.54) is 0 Å². The summed E-state index contributed by atoms with van der Waals surface area (Å²) in [6.07, 6.45) is 16.6. The fourth-order valence-corrected chi connectivity index (χ4v) is 6.11. The lowest BCUT2D eigenvalue weighted by molar-refractivity contribution is 0.999. The maximum absolute atomic E-state index is 9.66. The molecule has 2 aromatic heterocycles. The maximum atomic E-state index is 9.66. The van der Waals surface area contributed by atoms with Crippen molar-refractivity contribution in [2.45, 2.75) is 25.7 Å². The molecule has 238 valence electrons. The van der Waals surface area contributed by atoms with Crippen LogP contribution in [-0.2, 0) is 0 Å². The van der Waals surface area contributed by atoms with Crippen molar-refractivity contribution in [2.75, 3.05) is 0 Å². The topological polar surface area (TPSA) is 101 Å². The Labute approximate surface area is 290 Å². The van der Waals surface area contributed by atoms with Crippen LogP contribution in [0, 0.1) is 11.3 Å². The molecule has 6 aromatic rings. The summed E-state index contributed by atoms with van der Waals surface area (Å²) in [7, 11) is 0. The number of hydrogen-bond donors (Lipinski definition) is 0. The van der Waals surface area contributed by atoms with Crippen LogP contribution >= 0.6 is 0 Å². The molecule has 8 rings (SSSR count). The Kier molecular flexibility index (Phi) is 8.49. The van der Waals surface area contributed by atoms with Gasteiger partial charge in [0.1, 0.15) is 0 Å². The molecule has 0 aliphatic heterocycles. The fourth-order valence-electron chi connectivity index (χ4n) is 6.11. The Morgan fingerprint density at radius 1 is 0.420 bits per heavy atom. The molecule has 7 nitrogen and oxygen atoms in total. The van der Waals surface area contributed by atoms with Crippen LogP contribution in [0.25, 0.3) is 67.8 Å². The van der Waals surface area contributed by atoms with Crippen LogP contribution in [0.3, 0.4) is 0 Å². The maximum Gasteiger partial charge on any atom is 0.164 e. The van der Waals surface area contributed by atoms with Gasteiger partial charge in [-0.3, -0.25) is 0 Å². The molecule has 0 N–H and O–H groups in total. The van der Waals surface area contributed by atoms with Crippen LogP contribution in [0.5, 0.6) is 0 Å². The van der Waals surface area contributed by atoms with Gasteiger partial charge >= 0.3 is 0 Å². The first-order valence-electron chi connectivity index (χ1n) is 16.7. The highest BCUT2D eigenvalue weighted by molar-refractivity contribution is 5.85. The molecule has 2 heterocycles. The first-order valence-corrected chi connectivity index (χ1v) is 16.7. The van der Waals surface area contributed by atoms with Crippen LogP contribution in [0.4, 0.5) is 0 Å². The smallest absolute Gasteiger partial charge is 0.164 e. The van der Waals surface area contributed by atoms with Gasteiger partial charge in [0.15, 0.2) is 34.9 Å². The van der Waals surface area contributed by atoms with E-state index in [9.17, 15) is 5.26 Å². The van der Waals surface area contributed by atoms with E-state index < -0.39 is 0 Å². The molecule has 50 heavy (non-hydrogen) atoms. The predicted octanol–water partition coefficient (Wildman–Crippen LogP) is 9.73. The number of hydrogen-bond acceptors (Lipinski definition) is 7. The van der Waals surface area contributed by atoms with Crippen LogP contribution in [0.2, 0.25) is 0 Å². The lowest BCUT2D eigenvalue weighted by Crippen LogP contribution is -2.06. The molecule has 0 saturated heterocycles. The third kappa shape index (κ3) is 6.43. The van der Waals surface area contributed by atoms with Gasteiger partial charge in [0.2, 0.25) is 0 Å². The number of nitriles is 1. The summed E-state index contributed by atoms with van der Waals surface area (Å²) in [5.41, 5.74) is 7.63. The van der Waals surface area contributed by atoms with Crippen LogP contribution in [0.15, 0.2) is 140 Å². The van der Waals surface area contributed by atoms with Gasteiger partial charge in [-0.1, -0.05) is 115 Å². The van der Waals surface area contributed by atoms with Crippen molar-refractivity contribution < 1.29 is 0 Å². The molecule has 2 aliphatic rings. The molecule has 2 aliphatic carbocycles. The highest BCUT2D eigenvalue weighted by Crippen LogP contribution is 2.36. The van der Waals surface area contributed by atoms with Gasteiger partial charge in [-0.2, -0.15) is 5.26 Å². The largest absolute Gasteiger partial charge is 0.208 e. The predicted molar refractivity (Wildman–Crippen MR) is 198 cm³/mol. The highest BCUT2D eigenvalue weighted by atomic mass is 15.1. The van der Waals surface area contributed by atoms with Crippen molar-refractivity contribution in [1.82, 2.24) is 29.9 Å². The average molecular weight is 646 g/mol. The molecule has 0 unspecified atom stereocenters. The standard InChI is InChI=1S/C43H31N7/c44-28-29-14-13-23-34(26-29)35-24-25-36(42-47-38(30-15-5-1-6-16-30)45-39(48-42)31-17-7-2-8-18-31)37(27-35)43-49-40(32-19-9-3-10-20-32)46-41(50-43)33-21-11-4-12-22-33/h1,3,5-7,9-11,13-27H,2,4,8,12H2. The van der Waals surface area contributed by atoms with Crippen molar-refractivity contribution >= 4 is 11.1 Å². The van der Waals surface area contributed by atoms with Gasteiger partial charge in [-0.15, -0.1) is 0 Å². The minimum absolute atomic E-state index is 0.502. The van der Waals surface area contributed by atoms with Crippen molar-refractivity contribution in [1.29, 1.82) is 5.26 Å². The Hall–Kier alpha value is -6.65. The van der Waals surface area contributed by atoms with E-state index in [1.54, 1.807) is 6.07 Å². The summed E-state index contributed by atoms with van der Waals surface area (Å²) in [5.74, 6) is 3.39. The van der Waals surface area contributed by atoms with Crippen LogP contribution in [0.1, 0.15) is 42.9 Å². The van der Waals surface area contributed by atoms with Gasteiger partial charge in [-0.05, 0) is 61.1 Å². The normalized spacial score (nSPS) is 13.7. The zero-order chi connectivity index (χ0) is 33.7. The Bertz CT molecular complexity index is 2380. The van der Waals surface area contributed by atoms with Crippen LogP contribution < -0.4 is 0 Å². The number of nitrogens with zero attached hydrogens (tertiary/aromatic N) is 7. The lowest BCUT2D eigenvalue weighted by Gasteiger charge is -2.15. The number of aromatic nitrogens is 6. The van der Waals surface area contributed by atoms with E-state index in [0.717, 1.165) is 70.2 Å². The minimum atomic E-state index is 0.502. The summed E-state index contributed by atoms with van der Waals surface area (Å²) < 4.78 is 0. The van der Waals surface area contributed by atoms with Gasteiger partial charge in [0.25, 0.3) is 0 Å².